The van der Waals surface area contributed by atoms with Gasteiger partial charge in [0, 0.05) is 24.7 Å². The van der Waals surface area contributed by atoms with Crippen LogP contribution in [-0.4, -0.2) is 47.9 Å². The fourth-order valence-electron chi connectivity index (χ4n) is 5.45. The number of methoxy groups -OCH3 is 2. The third-order valence-electron chi connectivity index (χ3n) is 7.66. The molecule has 200 valence electrons. The van der Waals surface area contributed by atoms with E-state index in [1.165, 1.54) is 10.7 Å². The molecule has 4 aromatic rings. The Balaban J connectivity index is 1.47. The molecule has 0 bridgehead atoms. The molecule has 1 aliphatic rings. The van der Waals surface area contributed by atoms with E-state index in [0.717, 1.165) is 29.5 Å². The predicted octanol–water partition coefficient (Wildman–Crippen LogP) is 5.10. The second-order valence-corrected chi connectivity index (χ2v) is 9.98. The first kappa shape index (κ1) is 26.2. The molecule has 1 amide bonds. The number of likely N-dealkylation sites (tertiary alicyclic amines) is 1. The van der Waals surface area contributed by atoms with Gasteiger partial charge in [-0.15, -0.1) is 0 Å². The van der Waals surface area contributed by atoms with Crippen molar-refractivity contribution in [3.05, 3.63) is 112 Å². The lowest BCUT2D eigenvalue weighted by molar-refractivity contribution is -0.137. The van der Waals surface area contributed by atoms with E-state index in [4.69, 9.17) is 14.6 Å². The third kappa shape index (κ3) is 5.04. The Morgan fingerprint density at radius 2 is 1.51 bits per heavy atom. The molecule has 2 heterocycles. The van der Waals surface area contributed by atoms with E-state index in [9.17, 15) is 9.59 Å². The van der Waals surface area contributed by atoms with Crippen LogP contribution in [0.3, 0.4) is 0 Å². The van der Waals surface area contributed by atoms with Crippen molar-refractivity contribution in [3.8, 4) is 22.8 Å². The quantitative estimate of drug-likeness (QED) is 0.337. The molecule has 1 aromatic heterocycles. The van der Waals surface area contributed by atoms with Gasteiger partial charge in [-0.2, -0.15) is 5.10 Å². The molecule has 1 saturated heterocycles. The summed E-state index contributed by atoms with van der Waals surface area (Å²) in [4.78, 5) is 29.2. The lowest BCUT2D eigenvalue weighted by Gasteiger charge is -2.39. The lowest BCUT2D eigenvalue weighted by Crippen LogP contribution is -2.50. The van der Waals surface area contributed by atoms with Gasteiger partial charge in [0.15, 0.2) is 11.5 Å². The molecular formula is C32H33N3O4. The van der Waals surface area contributed by atoms with Crippen molar-refractivity contribution >= 4 is 5.91 Å². The van der Waals surface area contributed by atoms with Crippen molar-refractivity contribution in [2.24, 2.45) is 0 Å². The summed E-state index contributed by atoms with van der Waals surface area (Å²) in [7, 11) is 3.18. The average Bonchev–Trinajstić information content (AvgIpc) is 3.01. The van der Waals surface area contributed by atoms with Crippen LogP contribution in [0.25, 0.3) is 11.3 Å². The van der Waals surface area contributed by atoms with Crippen LogP contribution in [0.15, 0.2) is 95.8 Å². The van der Waals surface area contributed by atoms with Crippen LogP contribution >= 0.6 is 0 Å². The second kappa shape index (κ2) is 11.2. The number of carbonyl (C=O) groups is 1. The van der Waals surface area contributed by atoms with Crippen molar-refractivity contribution in [3.63, 3.8) is 0 Å². The van der Waals surface area contributed by atoms with Gasteiger partial charge >= 0.3 is 0 Å². The number of ether oxygens (including phenoxy) is 2. The number of nitrogens with zero attached hydrogens (tertiary/aromatic N) is 3. The molecule has 1 fully saturated rings. The van der Waals surface area contributed by atoms with Crippen LogP contribution in [0, 0.1) is 0 Å². The number of carbonyl (C=O) groups excluding carboxylic acids is 1. The molecule has 0 saturated carbocycles. The topological polar surface area (TPSA) is 73.7 Å². The number of amides is 1. The average molecular weight is 524 g/mol. The highest BCUT2D eigenvalue weighted by Crippen LogP contribution is 2.36. The van der Waals surface area contributed by atoms with Gasteiger partial charge in [-0.05, 0) is 55.2 Å². The molecular weight excluding hydrogens is 490 g/mol. The third-order valence-corrected chi connectivity index (χ3v) is 7.66. The number of aromatic nitrogens is 2. The normalized spacial score (nSPS) is 15.6. The summed E-state index contributed by atoms with van der Waals surface area (Å²) in [6, 6.07) is 28.4. The van der Waals surface area contributed by atoms with E-state index in [1.54, 1.807) is 20.3 Å². The lowest BCUT2D eigenvalue weighted by atomic mass is 9.74. The number of rotatable bonds is 7. The van der Waals surface area contributed by atoms with Crippen molar-refractivity contribution in [1.82, 2.24) is 14.7 Å². The smallest absolute Gasteiger partial charge is 0.267 e. The predicted molar refractivity (Wildman–Crippen MR) is 151 cm³/mol. The van der Waals surface area contributed by atoms with E-state index < -0.39 is 5.41 Å². The summed E-state index contributed by atoms with van der Waals surface area (Å²) in [5, 5.41) is 4.74. The van der Waals surface area contributed by atoms with Gasteiger partial charge in [0.25, 0.3) is 5.56 Å². The molecule has 7 heteroatoms. The molecule has 1 aliphatic heterocycles. The fourth-order valence-corrected chi connectivity index (χ4v) is 5.45. The molecule has 7 nitrogen and oxygen atoms in total. The minimum Gasteiger partial charge on any atom is -0.493 e. The van der Waals surface area contributed by atoms with Crippen molar-refractivity contribution in [2.75, 3.05) is 27.3 Å². The zero-order valence-corrected chi connectivity index (χ0v) is 22.5. The molecule has 39 heavy (non-hydrogen) atoms. The summed E-state index contributed by atoms with van der Waals surface area (Å²) in [5.74, 6) is 1.23. The Hall–Kier alpha value is -4.39. The number of benzene rings is 3. The number of piperidine rings is 1. The number of hydrogen-bond acceptors (Lipinski definition) is 5. The van der Waals surface area contributed by atoms with Crippen LogP contribution in [0.2, 0.25) is 0 Å². The van der Waals surface area contributed by atoms with E-state index >= 15 is 0 Å². The monoisotopic (exact) mass is 523 g/mol. The van der Waals surface area contributed by atoms with Crippen molar-refractivity contribution in [2.45, 2.75) is 31.2 Å². The SMILES string of the molecule is COc1ccc(-c2ccc(=O)n([C@@H]3CCCN(C(=O)C(C)(c4ccccc4)c4ccccc4)C3)n2)cc1OC. The van der Waals surface area contributed by atoms with Crippen LogP contribution in [-0.2, 0) is 10.2 Å². The van der Waals surface area contributed by atoms with Crippen LogP contribution < -0.4 is 15.0 Å². The summed E-state index contributed by atoms with van der Waals surface area (Å²) >= 11 is 0. The first-order valence-electron chi connectivity index (χ1n) is 13.2. The molecule has 0 aliphatic carbocycles. The highest BCUT2D eigenvalue weighted by Gasteiger charge is 2.41. The van der Waals surface area contributed by atoms with Gasteiger partial charge < -0.3 is 14.4 Å². The summed E-state index contributed by atoms with van der Waals surface area (Å²) in [6.45, 7) is 3.04. The van der Waals surface area contributed by atoms with Crippen molar-refractivity contribution < 1.29 is 14.3 Å². The molecule has 0 N–H and O–H groups in total. The summed E-state index contributed by atoms with van der Waals surface area (Å²) in [6.07, 6.45) is 1.55. The Bertz CT molecular complexity index is 1460. The van der Waals surface area contributed by atoms with Gasteiger partial charge in [0.1, 0.15) is 0 Å². The first-order valence-corrected chi connectivity index (χ1v) is 13.2. The largest absolute Gasteiger partial charge is 0.493 e. The maximum absolute atomic E-state index is 14.3. The summed E-state index contributed by atoms with van der Waals surface area (Å²) in [5.41, 5.74) is 2.29. The highest BCUT2D eigenvalue weighted by atomic mass is 16.5. The fraction of sp³-hybridized carbons (Fsp3) is 0.281. The Kier molecular flexibility index (Phi) is 7.50. The maximum atomic E-state index is 14.3. The van der Waals surface area contributed by atoms with Crippen molar-refractivity contribution in [1.29, 1.82) is 0 Å². The Morgan fingerprint density at radius 1 is 0.872 bits per heavy atom. The Morgan fingerprint density at radius 3 is 2.13 bits per heavy atom. The molecule has 1 atom stereocenters. The molecule has 0 spiro atoms. The van der Waals surface area contributed by atoms with Gasteiger partial charge in [-0.1, -0.05) is 60.7 Å². The minimum atomic E-state index is -0.857. The maximum Gasteiger partial charge on any atom is 0.267 e. The van der Waals surface area contributed by atoms with E-state index in [0.29, 0.717) is 30.3 Å². The van der Waals surface area contributed by atoms with Crippen LogP contribution in [0.5, 0.6) is 11.5 Å². The van der Waals surface area contributed by atoms with Crippen LogP contribution in [0.1, 0.15) is 36.9 Å². The Labute approximate surface area is 228 Å². The zero-order valence-electron chi connectivity index (χ0n) is 22.5. The van der Waals surface area contributed by atoms with E-state index in [1.807, 2.05) is 90.7 Å². The first-order chi connectivity index (χ1) is 19.0. The zero-order chi connectivity index (χ0) is 27.4. The summed E-state index contributed by atoms with van der Waals surface area (Å²) < 4.78 is 12.3. The van der Waals surface area contributed by atoms with E-state index in [-0.39, 0.29) is 17.5 Å². The standard InChI is InChI=1S/C32H33N3O4/c1-32(24-11-6-4-7-12-24,25-13-8-5-9-14-25)31(37)34-20-10-15-26(22-34)35-30(36)19-17-27(33-35)23-16-18-28(38-2)29(21-23)39-3/h4-9,11-14,16-19,21,26H,10,15,20,22H2,1-3H3/t26-/m1/s1. The molecule has 5 rings (SSSR count). The molecule has 0 unspecified atom stereocenters. The van der Waals surface area contributed by atoms with Gasteiger partial charge in [-0.25, -0.2) is 4.68 Å². The second-order valence-electron chi connectivity index (χ2n) is 9.98. The van der Waals surface area contributed by atoms with Gasteiger partial charge in [-0.3, -0.25) is 9.59 Å². The van der Waals surface area contributed by atoms with E-state index in [2.05, 4.69) is 0 Å². The van der Waals surface area contributed by atoms with Gasteiger partial charge in [0.05, 0.1) is 31.4 Å². The highest BCUT2D eigenvalue weighted by molar-refractivity contribution is 5.91. The molecule has 3 aromatic carbocycles. The number of hydrogen-bond donors (Lipinski definition) is 0. The minimum absolute atomic E-state index is 0.0219. The van der Waals surface area contributed by atoms with Crippen LogP contribution in [0.4, 0.5) is 0 Å². The van der Waals surface area contributed by atoms with Gasteiger partial charge in [0.2, 0.25) is 5.91 Å². The molecule has 0 radical (unpaired) electrons.